The zero-order chi connectivity index (χ0) is 20.2. The van der Waals surface area contributed by atoms with Crippen LogP contribution in [0.25, 0.3) is 0 Å². The molecule has 0 aliphatic heterocycles. The monoisotopic (exact) mass is 373 g/mol. The van der Waals surface area contributed by atoms with Gasteiger partial charge in [-0.25, -0.2) is 0 Å². The Morgan fingerprint density at radius 1 is 1.11 bits per heavy atom. The Hall–Kier alpha value is -2.17. The molecule has 1 fully saturated rings. The van der Waals surface area contributed by atoms with Crippen LogP contribution in [0.3, 0.4) is 0 Å². The van der Waals surface area contributed by atoms with Crippen molar-refractivity contribution in [2.24, 2.45) is 5.41 Å². The van der Waals surface area contributed by atoms with Crippen LogP contribution < -0.4 is 5.32 Å². The smallest absolute Gasteiger partial charge is 0.313 e. The maximum absolute atomic E-state index is 12.8. The van der Waals surface area contributed by atoms with Crippen molar-refractivity contribution in [3.8, 4) is 0 Å². The van der Waals surface area contributed by atoms with Gasteiger partial charge in [0.15, 0.2) is 6.61 Å². The fraction of sp³-hybridized carbons (Fsp3) is 0.591. The van der Waals surface area contributed by atoms with E-state index < -0.39 is 11.4 Å². The lowest BCUT2D eigenvalue weighted by Gasteiger charge is -2.28. The van der Waals surface area contributed by atoms with Crippen LogP contribution in [0, 0.1) is 19.3 Å². The minimum absolute atomic E-state index is 0.112. The molecule has 0 radical (unpaired) electrons. The van der Waals surface area contributed by atoms with E-state index in [1.165, 1.54) is 0 Å². The molecule has 1 aliphatic rings. The molecule has 1 amide bonds. The van der Waals surface area contributed by atoms with Crippen molar-refractivity contribution in [3.63, 3.8) is 0 Å². The third-order valence-corrected chi connectivity index (χ3v) is 5.03. The summed E-state index contributed by atoms with van der Waals surface area (Å²) in [6.45, 7) is 9.23. The average Bonchev–Trinajstić information content (AvgIpc) is 3.02. The van der Waals surface area contributed by atoms with Crippen LogP contribution in [-0.2, 0) is 14.3 Å². The predicted octanol–water partition coefficient (Wildman–Crippen LogP) is 3.89. The van der Waals surface area contributed by atoms with Gasteiger partial charge in [-0.1, -0.05) is 30.5 Å². The van der Waals surface area contributed by atoms with Gasteiger partial charge in [-0.2, -0.15) is 0 Å². The van der Waals surface area contributed by atoms with Crippen molar-refractivity contribution in [1.29, 1.82) is 0 Å². The van der Waals surface area contributed by atoms with E-state index in [2.05, 4.69) is 5.32 Å². The van der Waals surface area contributed by atoms with Gasteiger partial charge in [0.2, 0.25) is 11.7 Å². The Balaban J connectivity index is 2.03. The lowest BCUT2D eigenvalue weighted by Crippen LogP contribution is -2.44. The molecule has 1 aromatic rings. The first-order valence-electron chi connectivity index (χ1n) is 9.61. The number of carbonyl (C=O) groups excluding carboxylic acids is 3. The van der Waals surface area contributed by atoms with Gasteiger partial charge in [-0.15, -0.1) is 0 Å². The molecule has 0 aromatic heterocycles. The minimum Gasteiger partial charge on any atom is -0.457 e. The number of Topliss-reactive ketones (excluding diaryl/α,β-unsaturated/α-hetero) is 1. The largest absolute Gasteiger partial charge is 0.457 e. The maximum atomic E-state index is 12.8. The number of amides is 1. The van der Waals surface area contributed by atoms with Gasteiger partial charge in [0.25, 0.3) is 0 Å². The van der Waals surface area contributed by atoms with E-state index in [0.29, 0.717) is 18.4 Å². The second-order valence-corrected chi connectivity index (χ2v) is 8.78. The van der Waals surface area contributed by atoms with Crippen molar-refractivity contribution < 1.29 is 19.1 Å². The fourth-order valence-corrected chi connectivity index (χ4v) is 3.67. The normalized spacial score (nSPS) is 16.0. The molecule has 27 heavy (non-hydrogen) atoms. The SMILES string of the molecule is Cc1ccc(C)c(C(=O)COC(=O)C2(CC(=O)NC(C)(C)C)CCCC2)c1. The molecule has 5 nitrogen and oxygen atoms in total. The summed E-state index contributed by atoms with van der Waals surface area (Å²) >= 11 is 0. The standard InChI is InChI=1S/C22H31NO4/c1-15-8-9-16(2)17(12-15)18(24)14-27-20(26)22(10-6-7-11-22)13-19(25)23-21(3,4)5/h8-9,12H,6-7,10-11,13-14H2,1-5H3,(H,23,25). The molecule has 0 bridgehead atoms. The molecule has 148 valence electrons. The van der Waals surface area contributed by atoms with Crippen LogP contribution in [0.2, 0.25) is 0 Å². The molecule has 0 atom stereocenters. The molecule has 0 saturated heterocycles. The number of aryl methyl sites for hydroxylation is 2. The summed E-state index contributed by atoms with van der Waals surface area (Å²) in [4.78, 5) is 37.7. The van der Waals surface area contributed by atoms with Gasteiger partial charge in [-0.05, 0) is 59.1 Å². The number of hydrogen-bond donors (Lipinski definition) is 1. The van der Waals surface area contributed by atoms with Crippen molar-refractivity contribution in [3.05, 3.63) is 34.9 Å². The number of benzene rings is 1. The Kier molecular flexibility index (Phi) is 6.45. The molecule has 2 rings (SSSR count). The molecule has 0 spiro atoms. The number of esters is 1. The zero-order valence-corrected chi connectivity index (χ0v) is 17.1. The van der Waals surface area contributed by atoms with Crippen LogP contribution >= 0.6 is 0 Å². The van der Waals surface area contributed by atoms with E-state index in [9.17, 15) is 14.4 Å². The van der Waals surface area contributed by atoms with Crippen molar-refractivity contribution in [1.82, 2.24) is 5.32 Å². The van der Waals surface area contributed by atoms with Gasteiger partial charge in [0.1, 0.15) is 0 Å². The maximum Gasteiger partial charge on any atom is 0.313 e. The molecular weight excluding hydrogens is 342 g/mol. The highest BCUT2D eigenvalue weighted by molar-refractivity contribution is 5.99. The van der Waals surface area contributed by atoms with E-state index in [0.717, 1.165) is 24.0 Å². The third-order valence-electron chi connectivity index (χ3n) is 5.03. The van der Waals surface area contributed by atoms with Gasteiger partial charge in [-0.3, -0.25) is 14.4 Å². The van der Waals surface area contributed by atoms with E-state index in [1.54, 1.807) is 0 Å². The lowest BCUT2D eigenvalue weighted by molar-refractivity contribution is -0.157. The van der Waals surface area contributed by atoms with Crippen LogP contribution in [0.1, 0.15) is 74.4 Å². The van der Waals surface area contributed by atoms with Crippen LogP contribution in [0.4, 0.5) is 0 Å². The topological polar surface area (TPSA) is 72.5 Å². The van der Waals surface area contributed by atoms with Crippen molar-refractivity contribution >= 4 is 17.7 Å². The van der Waals surface area contributed by atoms with Gasteiger partial charge >= 0.3 is 5.97 Å². The van der Waals surface area contributed by atoms with Crippen molar-refractivity contribution in [2.75, 3.05) is 6.61 Å². The summed E-state index contributed by atoms with van der Waals surface area (Å²) in [5.74, 6) is -0.790. The summed E-state index contributed by atoms with van der Waals surface area (Å²) in [7, 11) is 0. The van der Waals surface area contributed by atoms with E-state index in [1.807, 2.05) is 52.8 Å². The molecule has 1 aliphatic carbocycles. The summed E-state index contributed by atoms with van der Waals surface area (Å²) < 4.78 is 5.40. The molecule has 0 heterocycles. The highest BCUT2D eigenvalue weighted by Crippen LogP contribution is 2.42. The molecule has 5 heteroatoms. The number of hydrogen-bond acceptors (Lipinski definition) is 4. The Morgan fingerprint density at radius 3 is 2.33 bits per heavy atom. The lowest BCUT2D eigenvalue weighted by atomic mass is 9.82. The number of ether oxygens (including phenoxy) is 1. The fourth-order valence-electron chi connectivity index (χ4n) is 3.67. The molecule has 0 unspecified atom stereocenters. The Morgan fingerprint density at radius 2 is 1.74 bits per heavy atom. The molecular formula is C22H31NO4. The predicted molar refractivity (Wildman–Crippen MR) is 105 cm³/mol. The number of rotatable bonds is 6. The first-order chi connectivity index (χ1) is 12.5. The summed E-state index contributed by atoms with van der Waals surface area (Å²) in [6, 6.07) is 5.65. The third kappa shape index (κ3) is 5.65. The number of ketones is 1. The van der Waals surface area contributed by atoms with Crippen LogP contribution in [0.5, 0.6) is 0 Å². The second-order valence-electron chi connectivity index (χ2n) is 8.78. The van der Waals surface area contributed by atoms with Crippen LogP contribution in [0.15, 0.2) is 18.2 Å². The van der Waals surface area contributed by atoms with E-state index >= 15 is 0 Å². The first kappa shape index (κ1) is 21.1. The summed E-state index contributed by atoms with van der Waals surface area (Å²) in [5, 5.41) is 2.92. The Labute approximate surface area is 161 Å². The van der Waals surface area contributed by atoms with Gasteiger partial charge in [0, 0.05) is 17.5 Å². The van der Waals surface area contributed by atoms with E-state index in [4.69, 9.17) is 4.74 Å². The summed E-state index contributed by atoms with van der Waals surface area (Å²) in [5.41, 5.74) is 1.27. The Bertz CT molecular complexity index is 724. The van der Waals surface area contributed by atoms with Gasteiger partial charge in [0.05, 0.1) is 5.41 Å². The zero-order valence-electron chi connectivity index (χ0n) is 17.1. The molecule has 1 N–H and O–H groups in total. The number of nitrogens with one attached hydrogen (secondary N) is 1. The van der Waals surface area contributed by atoms with Crippen LogP contribution in [-0.4, -0.2) is 29.8 Å². The van der Waals surface area contributed by atoms with Gasteiger partial charge < -0.3 is 10.1 Å². The summed E-state index contributed by atoms with van der Waals surface area (Å²) in [6.07, 6.45) is 3.15. The first-order valence-corrected chi connectivity index (χ1v) is 9.61. The second kappa shape index (κ2) is 8.24. The highest BCUT2D eigenvalue weighted by Gasteiger charge is 2.44. The highest BCUT2D eigenvalue weighted by atomic mass is 16.5. The molecule has 1 aromatic carbocycles. The van der Waals surface area contributed by atoms with Crippen molar-refractivity contribution in [2.45, 2.75) is 72.3 Å². The molecule has 1 saturated carbocycles. The number of carbonyl (C=O) groups is 3. The van der Waals surface area contributed by atoms with E-state index in [-0.39, 0.29) is 30.3 Å². The minimum atomic E-state index is -0.808. The average molecular weight is 373 g/mol. The quantitative estimate of drug-likeness (QED) is 0.606.